The minimum Gasteiger partial charge on any atom is -0.395 e. The third kappa shape index (κ3) is 3.06. The Kier molecular flexibility index (Phi) is 4.37. The van der Waals surface area contributed by atoms with Gasteiger partial charge in [0.15, 0.2) is 0 Å². The third-order valence-corrected chi connectivity index (χ3v) is 3.45. The molecule has 1 aromatic carbocycles. The number of aliphatic hydroxyl groups excluding tert-OH is 1. The predicted molar refractivity (Wildman–Crippen MR) is 66.4 cm³/mol. The molecule has 0 bridgehead atoms. The summed E-state index contributed by atoms with van der Waals surface area (Å²) in [6, 6.07) is 11.3. The first-order valence-corrected chi connectivity index (χ1v) is 6.29. The van der Waals surface area contributed by atoms with Crippen molar-refractivity contribution in [2.75, 3.05) is 19.7 Å². The van der Waals surface area contributed by atoms with E-state index in [0.717, 1.165) is 19.5 Å². The van der Waals surface area contributed by atoms with E-state index in [2.05, 4.69) is 35.2 Å². The number of aliphatic hydroxyl groups is 1. The van der Waals surface area contributed by atoms with Crippen LogP contribution in [0.15, 0.2) is 30.3 Å². The molecule has 1 fully saturated rings. The second kappa shape index (κ2) is 6.02. The zero-order chi connectivity index (χ0) is 11.2. The molecular formula is C14H21NO. The summed E-state index contributed by atoms with van der Waals surface area (Å²) < 4.78 is 0. The molecule has 1 aliphatic heterocycles. The van der Waals surface area contributed by atoms with E-state index in [1.165, 1.54) is 24.8 Å². The van der Waals surface area contributed by atoms with Gasteiger partial charge in [0.2, 0.25) is 0 Å². The van der Waals surface area contributed by atoms with Gasteiger partial charge >= 0.3 is 0 Å². The maximum atomic E-state index is 9.06. The average molecular weight is 219 g/mol. The monoisotopic (exact) mass is 219 g/mol. The Labute approximate surface area is 97.9 Å². The molecular weight excluding hydrogens is 198 g/mol. The second-order valence-corrected chi connectivity index (χ2v) is 4.60. The summed E-state index contributed by atoms with van der Waals surface area (Å²) in [6.45, 7) is 2.26. The molecule has 88 valence electrons. The van der Waals surface area contributed by atoms with Crippen molar-refractivity contribution in [3.05, 3.63) is 35.9 Å². The number of piperidine rings is 1. The number of hydrogen-bond donors (Lipinski definition) is 1. The molecule has 0 spiro atoms. The molecule has 0 amide bonds. The Morgan fingerprint density at radius 1 is 1.19 bits per heavy atom. The molecule has 0 saturated carbocycles. The van der Waals surface area contributed by atoms with Gasteiger partial charge < -0.3 is 5.11 Å². The largest absolute Gasteiger partial charge is 0.395 e. The zero-order valence-corrected chi connectivity index (χ0v) is 9.81. The first kappa shape index (κ1) is 11.6. The average Bonchev–Trinajstić information content (AvgIpc) is 2.33. The smallest absolute Gasteiger partial charge is 0.0558 e. The van der Waals surface area contributed by atoms with Crippen LogP contribution in [0, 0.1) is 0 Å². The minimum atomic E-state index is 0.283. The van der Waals surface area contributed by atoms with Gasteiger partial charge in [0.1, 0.15) is 0 Å². The second-order valence-electron chi connectivity index (χ2n) is 4.60. The van der Waals surface area contributed by atoms with Crippen molar-refractivity contribution in [3.63, 3.8) is 0 Å². The number of nitrogens with zero attached hydrogens (tertiary/aromatic N) is 1. The lowest BCUT2D eigenvalue weighted by molar-refractivity contribution is 0.116. The molecule has 1 aromatic rings. The van der Waals surface area contributed by atoms with E-state index in [1.807, 2.05) is 0 Å². The summed E-state index contributed by atoms with van der Waals surface area (Å²) >= 11 is 0. The highest BCUT2D eigenvalue weighted by Gasteiger charge is 2.21. The molecule has 1 unspecified atom stereocenters. The molecule has 1 atom stereocenters. The zero-order valence-electron chi connectivity index (χ0n) is 9.81. The van der Waals surface area contributed by atoms with Crippen molar-refractivity contribution >= 4 is 0 Å². The Morgan fingerprint density at radius 2 is 2.00 bits per heavy atom. The molecule has 1 aliphatic rings. The standard InChI is InChI=1S/C14H21NO/c16-11-10-15-9-5-4-8-14(15)12-13-6-2-1-3-7-13/h1-3,6-7,14,16H,4-5,8-12H2. The van der Waals surface area contributed by atoms with Crippen LogP contribution in [0.1, 0.15) is 24.8 Å². The normalized spacial score (nSPS) is 22.2. The number of hydrogen-bond acceptors (Lipinski definition) is 2. The van der Waals surface area contributed by atoms with Crippen molar-refractivity contribution in [2.45, 2.75) is 31.7 Å². The van der Waals surface area contributed by atoms with Gasteiger partial charge in [0.05, 0.1) is 6.61 Å². The first-order valence-electron chi connectivity index (χ1n) is 6.29. The van der Waals surface area contributed by atoms with Crippen molar-refractivity contribution < 1.29 is 5.11 Å². The van der Waals surface area contributed by atoms with E-state index in [-0.39, 0.29) is 6.61 Å². The van der Waals surface area contributed by atoms with Gasteiger partial charge in [-0.15, -0.1) is 0 Å². The fraction of sp³-hybridized carbons (Fsp3) is 0.571. The maximum Gasteiger partial charge on any atom is 0.0558 e. The lowest BCUT2D eigenvalue weighted by Crippen LogP contribution is -2.42. The Morgan fingerprint density at radius 3 is 2.75 bits per heavy atom. The lowest BCUT2D eigenvalue weighted by Gasteiger charge is -2.35. The van der Waals surface area contributed by atoms with Crippen LogP contribution in [0.2, 0.25) is 0 Å². The SMILES string of the molecule is OCCN1CCCCC1Cc1ccccc1. The molecule has 0 aromatic heterocycles. The fourth-order valence-electron chi connectivity index (χ4n) is 2.60. The Bertz CT molecular complexity index is 297. The van der Waals surface area contributed by atoms with Gasteiger partial charge in [-0.3, -0.25) is 4.90 Å². The highest BCUT2D eigenvalue weighted by Crippen LogP contribution is 2.20. The summed E-state index contributed by atoms with van der Waals surface area (Å²) in [5.41, 5.74) is 1.41. The lowest BCUT2D eigenvalue weighted by atomic mass is 9.96. The van der Waals surface area contributed by atoms with Crippen molar-refractivity contribution in [1.29, 1.82) is 0 Å². The van der Waals surface area contributed by atoms with E-state index in [0.29, 0.717) is 6.04 Å². The third-order valence-electron chi connectivity index (χ3n) is 3.45. The van der Waals surface area contributed by atoms with E-state index in [1.54, 1.807) is 0 Å². The molecule has 2 heteroatoms. The minimum absolute atomic E-state index is 0.283. The van der Waals surface area contributed by atoms with E-state index < -0.39 is 0 Å². The molecule has 1 heterocycles. The van der Waals surface area contributed by atoms with Crippen LogP contribution in [0.3, 0.4) is 0 Å². The van der Waals surface area contributed by atoms with E-state index >= 15 is 0 Å². The van der Waals surface area contributed by atoms with Gasteiger partial charge in [0.25, 0.3) is 0 Å². The summed E-state index contributed by atoms with van der Waals surface area (Å²) in [5.74, 6) is 0. The van der Waals surface area contributed by atoms with Crippen LogP contribution < -0.4 is 0 Å². The van der Waals surface area contributed by atoms with Gasteiger partial charge in [0, 0.05) is 12.6 Å². The molecule has 0 radical (unpaired) electrons. The van der Waals surface area contributed by atoms with Crippen LogP contribution in [0.4, 0.5) is 0 Å². The summed E-state index contributed by atoms with van der Waals surface area (Å²) in [5, 5.41) is 9.06. The molecule has 1 saturated heterocycles. The molecule has 2 nitrogen and oxygen atoms in total. The van der Waals surface area contributed by atoms with Crippen molar-refractivity contribution in [2.24, 2.45) is 0 Å². The summed E-state index contributed by atoms with van der Waals surface area (Å²) in [4.78, 5) is 2.44. The molecule has 2 rings (SSSR count). The summed E-state index contributed by atoms with van der Waals surface area (Å²) in [7, 11) is 0. The molecule has 1 N–H and O–H groups in total. The molecule has 0 aliphatic carbocycles. The number of β-amino-alcohol motifs (C(OH)–C–C–N with tert-alkyl or cyclic N) is 1. The first-order chi connectivity index (χ1) is 7.90. The van der Waals surface area contributed by atoms with Gasteiger partial charge in [-0.1, -0.05) is 36.8 Å². The van der Waals surface area contributed by atoms with Crippen LogP contribution in [-0.4, -0.2) is 35.7 Å². The number of rotatable bonds is 4. The number of benzene rings is 1. The van der Waals surface area contributed by atoms with Gasteiger partial charge in [-0.25, -0.2) is 0 Å². The van der Waals surface area contributed by atoms with Crippen LogP contribution in [0.25, 0.3) is 0 Å². The maximum absolute atomic E-state index is 9.06. The topological polar surface area (TPSA) is 23.5 Å². The van der Waals surface area contributed by atoms with Crippen LogP contribution in [-0.2, 0) is 6.42 Å². The van der Waals surface area contributed by atoms with E-state index in [4.69, 9.17) is 5.11 Å². The fourth-order valence-corrected chi connectivity index (χ4v) is 2.60. The van der Waals surface area contributed by atoms with Crippen LogP contribution >= 0.6 is 0 Å². The highest BCUT2D eigenvalue weighted by molar-refractivity contribution is 5.16. The Balaban J connectivity index is 1.96. The van der Waals surface area contributed by atoms with Crippen molar-refractivity contribution in [1.82, 2.24) is 4.90 Å². The van der Waals surface area contributed by atoms with E-state index in [9.17, 15) is 0 Å². The van der Waals surface area contributed by atoms with Gasteiger partial charge in [-0.2, -0.15) is 0 Å². The quantitative estimate of drug-likeness (QED) is 0.838. The van der Waals surface area contributed by atoms with Crippen LogP contribution in [0.5, 0.6) is 0 Å². The predicted octanol–water partition coefficient (Wildman–Crippen LogP) is 2.08. The number of likely N-dealkylation sites (tertiary alicyclic amines) is 1. The van der Waals surface area contributed by atoms with Gasteiger partial charge in [-0.05, 0) is 31.4 Å². The highest BCUT2D eigenvalue weighted by atomic mass is 16.3. The van der Waals surface area contributed by atoms with Crippen molar-refractivity contribution in [3.8, 4) is 0 Å². The molecule has 16 heavy (non-hydrogen) atoms. The Hall–Kier alpha value is -0.860. The summed E-state index contributed by atoms with van der Waals surface area (Å²) in [6.07, 6.45) is 5.01.